The normalized spacial score (nSPS) is 13.5. The number of ether oxygens (including phenoxy) is 2. The molecule has 1 aromatic rings. The Morgan fingerprint density at radius 3 is 2.50 bits per heavy atom. The van der Waals surface area contributed by atoms with Crippen molar-refractivity contribution >= 4 is 5.91 Å². The van der Waals surface area contributed by atoms with Crippen LogP contribution in [0.4, 0.5) is 0 Å². The number of nitrogens with zero attached hydrogens (tertiary/aromatic N) is 1. The summed E-state index contributed by atoms with van der Waals surface area (Å²) in [5.41, 5.74) is 6.79. The van der Waals surface area contributed by atoms with Gasteiger partial charge in [-0.05, 0) is 44.0 Å². The average molecular weight is 280 g/mol. The smallest absolute Gasteiger partial charge is 0.262 e. The van der Waals surface area contributed by atoms with Crippen LogP contribution in [0.5, 0.6) is 11.5 Å². The van der Waals surface area contributed by atoms with Gasteiger partial charge in [-0.25, -0.2) is 0 Å². The lowest BCUT2D eigenvalue weighted by Crippen LogP contribution is -2.35. The second kappa shape index (κ2) is 7.14. The van der Waals surface area contributed by atoms with Crippen molar-refractivity contribution in [1.29, 1.82) is 0 Å². The molecule has 0 saturated heterocycles. The van der Waals surface area contributed by atoms with Crippen LogP contribution in [0.2, 0.25) is 0 Å². The van der Waals surface area contributed by atoms with Crippen molar-refractivity contribution in [2.24, 2.45) is 5.73 Å². The van der Waals surface area contributed by atoms with E-state index in [1.54, 1.807) is 28.1 Å². The summed E-state index contributed by atoms with van der Waals surface area (Å²) < 4.78 is 11.0. The number of hydrogen-bond donors (Lipinski definition) is 1. The van der Waals surface area contributed by atoms with Crippen LogP contribution in [0.25, 0.3) is 0 Å². The van der Waals surface area contributed by atoms with Crippen LogP contribution in [-0.2, 0) is 11.2 Å². The minimum absolute atomic E-state index is 0.00399. The molecule has 0 aliphatic heterocycles. The lowest BCUT2D eigenvalue weighted by Gasteiger charge is -2.21. The molecule has 2 atom stereocenters. The molecule has 20 heavy (non-hydrogen) atoms. The van der Waals surface area contributed by atoms with Gasteiger partial charge in [0, 0.05) is 20.1 Å². The third-order valence-corrected chi connectivity index (χ3v) is 2.90. The van der Waals surface area contributed by atoms with Crippen molar-refractivity contribution in [3.63, 3.8) is 0 Å². The molecule has 1 rings (SSSR count). The lowest BCUT2D eigenvalue weighted by atomic mass is 10.1. The Kier molecular flexibility index (Phi) is 5.82. The molecular weight excluding hydrogens is 256 g/mol. The lowest BCUT2D eigenvalue weighted by molar-refractivity contribution is -0.135. The van der Waals surface area contributed by atoms with E-state index in [0.717, 1.165) is 11.3 Å². The fraction of sp³-hybridized carbons (Fsp3) is 0.533. The molecular formula is C15H24N2O3. The van der Waals surface area contributed by atoms with Gasteiger partial charge in [0.25, 0.3) is 5.91 Å². The molecule has 1 amide bonds. The summed E-state index contributed by atoms with van der Waals surface area (Å²) in [5, 5.41) is 0. The van der Waals surface area contributed by atoms with E-state index in [1.807, 2.05) is 25.1 Å². The van der Waals surface area contributed by atoms with Crippen molar-refractivity contribution in [2.45, 2.75) is 32.4 Å². The molecule has 0 radical (unpaired) electrons. The van der Waals surface area contributed by atoms with Crippen molar-refractivity contribution in [3.05, 3.63) is 23.8 Å². The van der Waals surface area contributed by atoms with Gasteiger partial charge in [0.2, 0.25) is 0 Å². The Hall–Kier alpha value is -1.75. The highest BCUT2D eigenvalue weighted by molar-refractivity contribution is 5.80. The van der Waals surface area contributed by atoms with Gasteiger partial charge < -0.3 is 20.1 Å². The van der Waals surface area contributed by atoms with Gasteiger partial charge in [0.1, 0.15) is 11.5 Å². The van der Waals surface area contributed by atoms with Gasteiger partial charge in [-0.3, -0.25) is 4.79 Å². The topological polar surface area (TPSA) is 64.8 Å². The van der Waals surface area contributed by atoms with Crippen LogP contribution in [0.15, 0.2) is 18.2 Å². The molecule has 0 spiro atoms. The monoisotopic (exact) mass is 280 g/mol. The van der Waals surface area contributed by atoms with E-state index in [0.29, 0.717) is 12.2 Å². The number of methoxy groups -OCH3 is 1. The Morgan fingerprint density at radius 1 is 1.35 bits per heavy atom. The first-order valence-corrected chi connectivity index (χ1v) is 6.65. The summed E-state index contributed by atoms with van der Waals surface area (Å²) in [7, 11) is 5.03. The number of carbonyl (C=O) groups is 1. The van der Waals surface area contributed by atoms with Gasteiger partial charge in [0.15, 0.2) is 6.10 Å². The first kappa shape index (κ1) is 16.3. The molecule has 112 valence electrons. The Balaban J connectivity index is 2.95. The third-order valence-electron chi connectivity index (χ3n) is 2.90. The second-order valence-electron chi connectivity index (χ2n) is 5.15. The molecule has 0 fully saturated rings. The first-order valence-electron chi connectivity index (χ1n) is 6.65. The van der Waals surface area contributed by atoms with E-state index in [-0.39, 0.29) is 11.9 Å². The Labute approximate surface area is 120 Å². The summed E-state index contributed by atoms with van der Waals surface area (Å²) in [5.74, 6) is 1.35. The maximum Gasteiger partial charge on any atom is 0.262 e. The molecule has 0 aromatic heterocycles. The standard InChI is InChI=1S/C15H24N2O3/c1-10(16)8-12-9-13(19-5)6-7-14(12)20-11(2)15(18)17(3)4/h6-7,9-11H,8,16H2,1-5H3. The maximum absolute atomic E-state index is 11.9. The minimum Gasteiger partial charge on any atom is -0.497 e. The largest absolute Gasteiger partial charge is 0.497 e. The SMILES string of the molecule is COc1ccc(OC(C)C(=O)N(C)C)c(CC(C)N)c1. The van der Waals surface area contributed by atoms with E-state index < -0.39 is 6.10 Å². The molecule has 0 aliphatic rings. The second-order valence-corrected chi connectivity index (χ2v) is 5.15. The summed E-state index contributed by atoms with van der Waals surface area (Å²) in [6.07, 6.45) is 0.125. The number of nitrogens with two attached hydrogens (primary N) is 1. The highest BCUT2D eigenvalue weighted by Crippen LogP contribution is 2.26. The van der Waals surface area contributed by atoms with Crippen molar-refractivity contribution < 1.29 is 14.3 Å². The maximum atomic E-state index is 11.9. The molecule has 2 N–H and O–H groups in total. The first-order chi connectivity index (χ1) is 9.35. The molecule has 0 heterocycles. The number of hydrogen-bond acceptors (Lipinski definition) is 4. The zero-order valence-corrected chi connectivity index (χ0v) is 12.8. The molecule has 0 saturated carbocycles. The summed E-state index contributed by atoms with van der Waals surface area (Å²) in [6, 6.07) is 5.53. The summed E-state index contributed by atoms with van der Waals surface area (Å²) in [6.45, 7) is 3.67. The number of benzene rings is 1. The van der Waals surface area contributed by atoms with E-state index in [2.05, 4.69) is 0 Å². The van der Waals surface area contributed by atoms with Gasteiger partial charge in [-0.15, -0.1) is 0 Å². The molecule has 0 bridgehead atoms. The van der Waals surface area contributed by atoms with Gasteiger partial charge >= 0.3 is 0 Å². The zero-order chi connectivity index (χ0) is 15.3. The fourth-order valence-corrected chi connectivity index (χ4v) is 1.91. The van der Waals surface area contributed by atoms with E-state index >= 15 is 0 Å². The van der Waals surface area contributed by atoms with E-state index in [9.17, 15) is 4.79 Å². The number of amides is 1. The predicted octanol–water partition coefficient (Wildman–Crippen LogP) is 1.44. The highest BCUT2D eigenvalue weighted by Gasteiger charge is 2.18. The van der Waals surface area contributed by atoms with Crippen molar-refractivity contribution in [1.82, 2.24) is 4.90 Å². The Bertz CT molecular complexity index is 458. The van der Waals surface area contributed by atoms with Crippen LogP contribution < -0.4 is 15.2 Å². The average Bonchev–Trinajstić information content (AvgIpc) is 2.38. The Morgan fingerprint density at radius 2 is 2.00 bits per heavy atom. The van der Waals surface area contributed by atoms with Gasteiger partial charge in [-0.1, -0.05) is 0 Å². The van der Waals surface area contributed by atoms with Crippen molar-refractivity contribution in [3.8, 4) is 11.5 Å². The molecule has 2 unspecified atom stereocenters. The van der Waals surface area contributed by atoms with E-state index in [1.165, 1.54) is 4.90 Å². The minimum atomic E-state index is -0.537. The molecule has 5 heteroatoms. The molecule has 1 aromatic carbocycles. The zero-order valence-electron chi connectivity index (χ0n) is 12.8. The van der Waals surface area contributed by atoms with Crippen LogP contribution in [-0.4, -0.2) is 44.2 Å². The van der Waals surface area contributed by atoms with Crippen LogP contribution >= 0.6 is 0 Å². The third kappa shape index (κ3) is 4.42. The predicted molar refractivity (Wildman–Crippen MR) is 79.1 cm³/mol. The van der Waals surface area contributed by atoms with Crippen LogP contribution in [0.3, 0.4) is 0 Å². The number of likely N-dealkylation sites (N-methyl/N-ethyl adjacent to an activating group) is 1. The number of carbonyl (C=O) groups excluding carboxylic acids is 1. The van der Waals surface area contributed by atoms with E-state index in [4.69, 9.17) is 15.2 Å². The van der Waals surface area contributed by atoms with Crippen LogP contribution in [0.1, 0.15) is 19.4 Å². The summed E-state index contributed by atoms with van der Waals surface area (Å²) >= 11 is 0. The molecule has 5 nitrogen and oxygen atoms in total. The fourth-order valence-electron chi connectivity index (χ4n) is 1.91. The highest BCUT2D eigenvalue weighted by atomic mass is 16.5. The van der Waals surface area contributed by atoms with Crippen molar-refractivity contribution in [2.75, 3.05) is 21.2 Å². The number of rotatable bonds is 6. The van der Waals surface area contributed by atoms with Gasteiger partial charge in [-0.2, -0.15) is 0 Å². The summed E-state index contributed by atoms with van der Waals surface area (Å²) in [4.78, 5) is 13.4. The van der Waals surface area contributed by atoms with Gasteiger partial charge in [0.05, 0.1) is 7.11 Å². The van der Waals surface area contributed by atoms with Crippen LogP contribution in [0, 0.1) is 0 Å². The molecule has 0 aliphatic carbocycles. The quantitative estimate of drug-likeness (QED) is 0.856.